The molecule has 0 aromatic carbocycles. The van der Waals surface area contributed by atoms with Crippen LogP contribution in [-0.4, -0.2) is 60.8 Å². The normalized spacial score (nSPS) is 27.4. The van der Waals surface area contributed by atoms with Crippen molar-refractivity contribution in [2.75, 3.05) is 39.8 Å². The van der Waals surface area contributed by atoms with Gasteiger partial charge in [0.1, 0.15) is 0 Å². The molecule has 1 aliphatic heterocycles. The minimum atomic E-state index is 0.299. The summed E-state index contributed by atoms with van der Waals surface area (Å²) >= 11 is 0. The van der Waals surface area contributed by atoms with E-state index in [1.54, 1.807) is 0 Å². The molecule has 17 heavy (non-hydrogen) atoms. The quantitative estimate of drug-likeness (QED) is 0.812. The molecular weight excluding hydrogens is 212 g/mol. The minimum absolute atomic E-state index is 0.299. The molecule has 0 spiro atoms. The summed E-state index contributed by atoms with van der Waals surface area (Å²) in [5.41, 5.74) is 0.341. The Morgan fingerprint density at radius 1 is 1.29 bits per heavy atom. The van der Waals surface area contributed by atoms with E-state index < -0.39 is 0 Å². The lowest BCUT2D eigenvalue weighted by Gasteiger charge is -2.34. The van der Waals surface area contributed by atoms with E-state index in [4.69, 9.17) is 0 Å². The predicted octanol–water partition coefficient (Wildman–Crippen LogP) is 1.67. The van der Waals surface area contributed by atoms with Crippen LogP contribution in [0.15, 0.2) is 0 Å². The maximum atomic E-state index is 9.23. The van der Waals surface area contributed by atoms with Crippen molar-refractivity contribution in [2.24, 2.45) is 11.3 Å². The van der Waals surface area contributed by atoms with Crippen molar-refractivity contribution in [3.63, 3.8) is 0 Å². The Labute approximate surface area is 107 Å². The third kappa shape index (κ3) is 4.94. The number of aliphatic hydroxyl groups excluding tert-OH is 1. The molecule has 1 unspecified atom stereocenters. The van der Waals surface area contributed by atoms with Gasteiger partial charge in [-0.1, -0.05) is 27.7 Å². The standard InChI is InChI=1S/C14H30N2O/c1-12(2)8-16-11-14(3,4)10-15(5)9-13(16)6-7-17/h12-13,17H,6-11H2,1-5H3. The van der Waals surface area contributed by atoms with E-state index in [-0.39, 0.29) is 0 Å². The van der Waals surface area contributed by atoms with Crippen molar-refractivity contribution in [3.8, 4) is 0 Å². The Morgan fingerprint density at radius 2 is 1.94 bits per heavy atom. The molecule has 1 heterocycles. The molecule has 0 saturated carbocycles. The van der Waals surface area contributed by atoms with Gasteiger partial charge in [-0.25, -0.2) is 0 Å². The van der Waals surface area contributed by atoms with Gasteiger partial charge < -0.3 is 10.0 Å². The Hall–Kier alpha value is -0.120. The first kappa shape index (κ1) is 14.9. The van der Waals surface area contributed by atoms with Crippen LogP contribution in [0.5, 0.6) is 0 Å². The van der Waals surface area contributed by atoms with Gasteiger partial charge >= 0.3 is 0 Å². The van der Waals surface area contributed by atoms with Crippen LogP contribution in [0.1, 0.15) is 34.1 Å². The van der Waals surface area contributed by atoms with Crippen molar-refractivity contribution >= 4 is 0 Å². The second kappa shape index (κ2) is 6.17. The van der Waals surface area contributed by atoms with Gasteiger partial charge in [-0.05, 0) is 24.8 Å². The molecule has 1 atom stereocenters. The highest BCUT2D eigenvalue weighted by atomic mass is 16.3. The summed E-state index contributed by atoms with van der Waals surface area (Å²) in [6.45, 7) is 14.0. The molecule has 3 nitrogen and oxygen atoms in total. The zero-order chi connectivity index (χ0) is 13.1. The topological polar surface area (TPSA) is 26.7 Å². The smallest absolute Gasteiger partial charge is 0.0446 e. The van der Waals surface area contributed by atoms with Crippen molar-refractivity contribution in [1.82, 2.24) is 9.80 Å². The second-order valence-electron chi connectivity index (χ2n) is 6.85. The van der Waals surface area contributed by atoms with Crippen molar-refractivity contribution < 1.29 is 5.11 Å². The first-order chi connectivity index (χ1) is 7.84. The average molecular weight is 242 g/mol. The van der Waals surface area contributed by atoms with Crippen LogP contribution in [0.2, 0.25) is 0 Å². The second-order valence-corrected chi connectivity index (χ2v) is 6.85. The van der Waals surface area contributed by atoms with Crippen LogP contribution >= 0.6 is 0 Å². The van der Waals surface area contributed by atoms with E-state index in [0.717, 1.165) is 32.6 Å². The van der Waals surface area contributed by atoms with Crippen LogP contribution < -0.4 is 0 Å². The molecule has 0 radical (unpaired) electrons. The lowest BCUT2D eigenvalue weighted by Crippen LogP contribution is -2.44. The van der Waals surface area contributed by atoms with Gasteiger partial charge in [-0.15, -0.1) is 0 Å². The molecule has 1 N–H and O–H groups in total. The predicted molar refractivity (Wildman–Crippen MR) is 73.2 cm³/mol. The van der Waals surface area contributed by atoms with Gasteiger partial charge in [0.15, 0.2) is 0 Å². The largest absolute Gasteiger partial charge is 0.396 e. The molecule has 3 heteroatoms. The van der Waals surface area contributed by atoms with E-state index >= 15 is 0 Å². The molecule has 1 saturated heterocycles. The first-order valence-electron chi connectivity index (χ1n) is 6.87. The van der Waals surface area contributed by atoms with Crippen molar-refractivity contribution in [2.45, 2.75) is 40.2 Å². The highest BCUT2D eigenvalue weighted by molar-refractivity contribution is 4.87. The fraction of sp³-hybridized carbons (Fsp3) is 1.00. The zero-order valence-electron chi connectivity index (χ0n) is 12.2. The van der Waals surface area contributed by atoms with E-state index in [2.05, 4.69) is 44.5 Å². The van der Waals surface area contributed by atoms with Crippen molar-refractivity contribution in [1.29, 1.82) is 0 Å². The van der Waals surface area contributed by atoms with Crippen LogP contribution in [0, 0.1) is 11.3 Å². The number of likely N-dealkylation sites (N-methyl/N-ethyl adjacent to an activating group) is 1. The summed E-state index contributed by atoms with van der Waals surface area (Å²) < 4.78 is 0. The molecule has 102 valence electrons. The molecular formula is C14H30N2O. The summed E-state index contributed by atoms with van der Waals surface area (Å²) in [7, 11) is 2.20. The first-order valence-corrected chi connectivity index (χ1v) is 6.87. The maximum Gasteiger partial charge on any atom is 0.0446 e. The van der Waals surface area contributed by atoms with Crippen LogP contribution in [0.3, 0.4) is 0 Å². The number of nitrogens with zero attached hydrogens (tertiary/aromatic N) is 2. The van der Waals surface area contributed by atoms with Gasteiger partial charge in [-0.3, -0.25) is 4.90 Å². The Kier molecular flexibility index (Phi) is 5.42. The van der Waals surface area contributed by atoms with Gasteiger partial charge in [-0.2, -0.15) is 0 Å². The van der Waals surface area contributed by atoms with Gasteiger partial charge in [0.2, 0.25) is 0 Å². The molecule has 1 aliphatic rings. The minimum Gasteiger partial charge on any atom is -0.396 e. The molecule has 0 aromatic heterocycles. The molecule has 1 rings (SSSR count). The third-order valence-corrected chi connectivity index (χ3v) is 3.43. The average Bonchev–Trinajstić information content (AvgIpc) is 2.22. The lowest BCUT2D eigenvalue weighted by molar-refractivity contribution is 0.118. The Bertz CT molecular complexity index is 228. The number of hydrogen-bond acceptors (Lipinski definition) is 3. The highest BCUT2D eigenvalue weighted by Gasteiger charge is 2.32. The number of rotatable bonds is 4. The van der Waals surface area contributed by atoms with Gasteiger partial charge in [0, 0.05) is 38.8 Å². The highest BCUT2D eigenvalue weighted by Crippen LogP contribution is 2.25. The molecule has 0 amide bonds. The summed E-state index contributed by atoms with van der Waals surface area (Å²) in [4.78, 5) is 5.00. The Balaban J connectivity index is 2.76. The zero-order valence-corrected chi connectivity index (χ0v) is 12.2. The summed E-state index contributed by atoms with van der Waals surface area (Å²) in [6, 6.07) is 0.508. The number of hydrogen-bond donors (Lipinski definition) is 1. The van der Waals surface area contributed by atoms with Gasteiger partial charge in [0.05, 0.1) is 0 Å². The fourth-order valence-corrected chi connectivity index (χ4v) is 3.10. The van der Waals surface area contributed by atoms with E-state index in [9.17, 15) is 5.11 Å². The molecule has 0 aromatic rings. The number of aliphatic hydroxyl groups is 1. The van der Waals surface area contributed by atoms with E-state index in [1.807, 2.05) is 0 Å². The van der Waals surface area contributed by atoms with Gasteiger partial charge in [0.25, 0.3) is 0 Å². The maximum absolute atomic E-state index is 9.23. The summed E-state index contributed by atoms with van der Waals surface area (Å²) in [5.74, 6) is 0.690. The molecule has 0 aliphatic carbocycles. The SMILES string of the molecule is CC(C)CN1CC(C)(C)CN(C)CC1CCO. The van der Waals surface area contributed by atoms with Crippen LogP contribution in [-0.2, 0) is 0 Å². The third-order valence-electron chi connectivity index (χ3n) is 3.43. The fourth-order valence-electron chi connectivity index (χ4n) is 3.10. The molecule has 0 bridgehead atoms. The van der Waals surface area contributed by atoms with Crippen molar-refractivity contribution in [3.05, 3.63) is 0 Å². The summed E-state index contributed by atoms with van der Waals surface area (Å²) in [6.07, 6.45) is 0.896. The summed E-state index contributed by atoms with van der Waals surface area (Å²) in [5, 5.41) is 9.23. The van der Waals surface area contributed by atoms with Crippen LogP contribution in [0.4, 0.5) is 0 Å². The monoisotopic (exact) mass is 242 g/mol. The van der Waals surface area contributed by atoms with E-state index in [0.29, 0.717) is 24.0 Å². The van der Waals surface area contributed by atoms with E-state index in [1.165, 1.54) is 0 Å². The van der Waals surface area contributed by atoms with Crippen LogP contribution in [0.25, 0.3) is 0 Å². The Morgan fingerprint density at radius 3 is 2.47 bits per heavy atom. The lowest BCUT2D eigenvalue weighted by atomic mass is 9.92. The molecule has 1 fully saturated rings.